The molecular formula is C41H46ClN8O9PS. The normalized spacial score (nSPS) is 16.9. The second kappa shape index (κ2) is 19.6. The second-order valence-corrected chi connectivity index (χ2v) is 18.1. The van der Waals surface area contributed by atoms with Crippen LogP contribution in [0.1, 0.15) is 41.6 Å². The number of amides is 4. The number of hydrogen-bond acceptors (Lipinski definition) is 15. The van der Waals surface area contributed by atoms with Crippen LogP contribution in [0.5, 0.6) is 5.75 Å². The average molecular weight is 893 g/mol. The zero-order valence-electron chi connectivity index (χ0n) is 33.8. The minimum absolute atomic E-state index is 0.00840. The second-order valence-electron chi connectivity index (χ2n) is 14.3. The Morgan fingerprint density at radius 1 is 0.984 bits per heavy atom. The van der Waals surface area contributed by atoms with E-state index in [1.54, 1.807) is 37.4 Å². The molecule has 3 aliphatic heterocycles. The summed E-state index contributed by atoms with van der Waals surface area (Å²) in [6, 6.07) is 17.5. The Morgan fingerprint density at radius 2 is 1.77 bits per heavy atom. The molecule has 3 aliphatic rings. The van der Waals surface area contributed by atoms with Gasteiger partial charge in [-0.1, -0.05) is 29.8 Å². The van der Waals surface area contributed by atoms with Gasteiger partial charge in [-0.05, 0) is 61.2 Å². The van der Waals surface area contributed by atoms with E-state index >= 15 is 0 Å². The van der Waals surface area contributed by atoms with Crippen LogP contribution in [-0.2, 0) is 39.3 Å². The predicted octanol–water partition coefficient (Wildman–Crippen LogP) is 5.39. The van der Waals surface area contributed by atoms with Crippen LogP contribution in [0, 0.1) is 0 Å². The number of ether oxygens (including phenoxy) is 2. The van der Waals surface area contributed by atoms with E-state index in [2.05, 4.69) is 36.1 Å². The highest BCUT2D eigenvalue weighted by molar-refractivity contribution is 7.99. The molecule has 4 amide bonds. The molecule has 61 heavy (non-hydrogen) atoms. The van der Waals surface area contributed by atoms with E-state index in [0.29, 0.717) is 53.3 Å². The minimum atomic E-state index is -3.58. The van der Waals surface area contributed by atoms with Crippen LogP contribution in [0.3, 0.4) is 0 Å². The van der Waals surface area contributed by atoms with E-state index in [0.717, 1.165) is 42.1 Å². The summed E-state index contributed by atoms with van der Waals surface area (Å²) in [5.41, 5.74) is 3.46. The van der Waals surface area contributed by atoms with Crippen molar-refractivity contribution >= 4 is 88.7 Å². The Bertz CT molecular complexity index is 2340. The molecule has 7 rings (SSSR count). The molecule has 4 N–H and O–H groups in total. The number of para-hydroxylation sites is 1. The highest BCUT2D eigenvalue weighted by Gasteiger charge is 2.40. The van der Waals surface area contributed by atoms with E-state index in [1.165, 1.54) is 37.1 Å². The van der Waals surface area contributed by atoms with Gasteiger partial charge < -0.3 is 44.3 Å². The van der Waals surface area contributed by atoms with Crippen molar-refractivity contribution in [3.05, 3.63) is 83.0 Å². The monoisotopic (exact) mass is 892 g/mol. The number of carbonyl (C=O) groups is 4. The van der Waals surface area contributed by atoms with Crippen LogP contribution < -0.4 is 36.2 Å². The molecule has 2 fully saturated rings. The summed E-state index contributed by atoms with van der Waals surface area (Å²) in [5, 5.41) is 12.3. The van der Waals surface area contributed by atoms with Crippen molar-refractivity contribution in [2.24, 2.45) is 0 Å². The minimum Gasteiger partial charge on any atom is -0.494 e. The Labute approximate surface area is 362 Å². The van der Waals surface area contributed by atoms with Crippen LogP contribution in [-0.4, -0.2) is 104 Å². The van der Waals surface area contributed by atoms with Gasteiger partial charge >= 0.3 is 7.60 Å². The number of rotatable bonds is 17. The van der Waals surface area contributed by atoms with Crippen LogP contribution in [0.15, 0.2) is 71.8 Å². The Hall–Kier alpha value is -5.23. The summed E-state index contributed by atoms with van der Waals surface area (Å²) in [7, 11) is 0.633. The van der Waals surface area contributed by atoms with Crippen molar-refractivity contribution < 1.29 is 42.3 Å². The molecule has 20 heteroatoms. The molecule has 0 radical (unpaired) electrons. The maximum atomic E-state index is 13.2. The maximum Gasteiger partial charge on any atom is 0.362 e. The van der Waals surface area contributed by atoms with E-state index < -0.39 is 19.5 Å². The fourth-order valence-electron chi connectivity index (χ4n) is 7.45. The summed E-state index contributed by atoms with van der Waals surface area (Å²) in [4.78, 5) is 63.5. The number of carbonyl (C=O) groups excluding carboxylic acids is 4. The van der Waals surface area contributed by atoms with Crippen molar-refractivity contribution in [1.82, 2.24) is 25.5 Å². The molecule has 2 saturated heterocycles. The van der Waals surface area contributed by atoms with Crippen molar-refractivity contribution in [2.75, 3.05) is 68.9 Å². The lowest BCUT2D eigenvalue weighted by atomic mass is 10.0. The Kier molecular flexibility index (Phi) is 14.1. The van der Waals surface area contributed by atoms with Crippen LogP contribution in [0.2, 0.25) is 5.02 Å². The van der Waals surface area contributed by atoms with Gasteiger partial charge in [-0.3, -0.25) is 29.1 Å². The fourth-order valence-corrected chi connectivity index (χ4v) is 9.77. The van der Waals surface area contributed by atoms with Crippen LogP contribution in [0.25, 0.3) is 0 Å². The summed E-state index contributed by atoms with van der Waals surface area (Å²) in [6.45, 7) is 2.02. The smallest absolute Gasteiger partial charge is 0.362 e. The molecule has 0 aliphatic carbocycles. The number of hydrogen-bond donors (Lipinski definition) is 4. The highest BCUT2D eigenvalue weighted by atomic mass is 35.5. The highest BCUT2D eigenvalue weighted by Crippen LogP contribution is 2.47. The van der Waals surface area contributed by atoms with E-state index in [4.69, 9.17) is 30.1 Å². The molecule has 1 atom stereocenters. The third-order valence-corrected chi connectivity index (χ3v) is 13.9. The standard InChI is InChI=1S/C41H46ClN8O9PS/c1-56-33-21-26(11-12-30(33)46-41-43-22-29(42)38(48-41)45-31-8-4-5-9-34(31)60(55,57-2)58-3)49-17-15-25(16-18-49)44-37(52)24-59-19-20-61-35-10-6-7-27-28(35)23-50(40(27)54)32-13-14-36(51)47-39(32)53/h4-12,21-22,25,32H,13-20,23-24H2,1-3H3,(H,44,52)(H,47,51,53)(H2,43,45,46,48). The average Bonchev–Trinajstić information content (AvgIpc) is 3.61. The number of piperidine rings is 2. The van der Waals surface area contributed by atoms with Crippen molar-refractivity contribution in [3.8, 4) is 5.75 Å². The summed E-state index contributed by atoms with van der Waals surface area (Å²) in [5.74, 6) is 0.513. The quantitative estimate of drug-likeness (QED) is 0.0455. The molecule has 322 valence electrons. The lowest BCUT2D eigenvalue weighted by molar-refractivity contribution is -0.137. The lowest BCUT2D eigenvalue weighted by Crippen LogP contribution is -2.52. The van der Waals surface area contributed by atoms with Gasteiger partial charge in [0, 0.05) is 74.3 Å². The molecule has 3 aromatic carbocycles. The Morgan fingerprint density at radius 3 is 2.52 bits per heavy atom. The van der Waals surface area contributed by atoms with Gasteiger partial charge in [0.2, 0.25) is 23.7 Å². The van der Waals surface area contributed by atoms with Crippen molar-refractivity contribution in [2.45, 2.75) is 49.2 Å². The van der Waals surface area contributed by atoms with Crippen LogP contribution in [0.4, 0.5) is 28.8 Å². The topological polar surface area (TPSA) is 203 Å². The number of methoxy groups -OCH3 is 1. The van der Waals surface area contributed by atoms with Crippen molar-refractivity contribution in [1.29, 1.82) is 0 Å². The summed E-state index contributed by atoms with van der Waals surface area (Å²) in [6.07, 6.45) is 3.46. The number of imide groups is 1. The third-order valence-electron chi connectivity index (χ3n) is 10.6. The molecule has 4 heterocycles. The van der Waals surface area contributed by atoms with E-state index in [1.807, 2.05) is 30.3 Å². The zero-order valence-corrected chi connectivity index (χ0v) is 36.2. The summed E-state index contributed by atoms with van der Waals surface area (Å²) < 4.78 is 35.0. The van der Waals surface area contributed by atoms with Crippen LogP contribution >= 0.6 is 31.0 Å². The number of benzene rings is 3. The van der Waals surface area contributed by atoms with E-state index in [9.17, 15) is 23.7 Å². The van der Waals surface area contributed by atoms with Gasteiger partial charge in [-0.15, -0.1) is 11.8 Å². The molecule has 17 nitrogen and oxygen atoms in total. The number of nitrogens with zero attached hydrogens (tertiary/aromatic N) is 4. The van der Waals surface area contributed by atoms with Gasteiger partial charge in [-0.25, -0.2) is 4.98 Å². The number of thioether (sulfide) groups is 1. The molecule has 1 unspecified atom stereocenters. The number of fused-ring (bicyclic) bond motifs is 1. The molecule has 0 spiro atoms. The van der Waals surface area contributed by atoms with Gasteiger partial charge in [0.1, 0.15) is 23.4 Å². The molecule has 4 aromatic rings. The first-order valence-electron chi connectivity index (χ1n) is 19.6. The number of nitrogens with one attached hydrogen (secondary N) is 4. The zero-order chi connectivity index (χ0) is 43.1. The maximum absolute atomic E-state index is 13.2. The van der Waals surface area contributed by atoms with Gasteiger partial charge in [0.15, 0.2) is 5.82 Å². The lowest BCUT2D eigenvalue weighted by Gasteiger charge is -2.34. The first-order chi connectivity index (χ1) is 29.5. The van der Waals surface area contributed by atoms with Gasteiger partial charge in [-0.2, -0.15) is 4.98 Å². The SMILES string of the molecule is COc1cc(N2CCC(NC(=O)COCCSc3cccc4c3CN(C3CCC(=O)NC3=O)C4=O)CC2)ccc1Nc1ncc(Cl)c(Nc2ccccc2P(=O)(OC)OC)n1. The molecule has 1 aromatic heterocycles. The first-order valence-corrected chi connectivity index (χ1v) is 22.5. The fraction of sp³-hybridized carbons (Fsp3) is 0.366. The van der Waals surface area contributed by atoms with Gasteiger partial charge in [0.25, 0.3) is 5.91 Å². The number of halogens is 1. The molecule has 0 bridgehead atoms. The molecular weight excluding hydrogens is 847 g/mol. The predicted molar refractivity (Wildman–Crippen MR) is 232 cm³/mol. The van der Waals surface area contributed by atoms with Crippen molar-refractivity contribution in [3.63, 3.8) is 0 Å². The first kappa shape index (κ1) is 43.8. The number of aromatic nitrogens is 2. The summed E-state index contributed by atoms with van der Waals surface area (Å²) >= 11 is 7.99. The van der Waals surface area contributed by atoms with Gasteiger partial charge in [0.05, 0.1) is 36.6 Å². The van der Waals surface area contributed by atoms with E-state index in [-0.39, 0.29) is 53.6 Å². The number of anilines is 5. The molecule has 0 saturated carbocycles. The Balaban J connectivity index is 0.858. The third kappa shape index (κ3) is 10.1. The largest absolute Gasteiger partial charge is 0.494 e.